The number of nitrogens with one attached hydrogen (secondary N) is 2. The third kappa shape index (κ3) is 3.70. The van der Waals surface area contributed by atoms with E-state index in [0.717, 1.165) is 78.4 Å². The van der Waals surface area contributed by atoms with Gasteiger partial charge >= 0.3 is 0 Å². The lowest BCUT2D eigenvalue weighted by molar-refractivity contribution is 0.0724. The zero-order valence-electron chi connectivity index (χ0n) is 18.4. The Morgan fingerprint density at radius 1 is 1.03 bits per heavy atom. The van der Waals surface area contributed by atoms with E-state index in [0.29, 0.717) is 11.3 Å². The van der Waals surface area contributed by atoms with Crippen molar-refractivity contribution in [3.63, 3.8) is 0 Å². The molecule has 3 heterocycles. The zero-order chi connectivity index (χ0) is 22.1. The number of fused-ring (bicyclic) bond motifs is 2. The molecule has 0 bridgehead atoms. The molecule has 164 valence electrons. The number of rotatable bonds is 5. The first-order valence-corrected chi connectivity index (χ1v) is 11.6. The number of hydrogen-bond acceptors (Lipinski definition) is 3. The summed E-state index contributed by atoms with van der Waals surface area (Å²) in [6.07, 6.45) is 6.19. The number of benzene rings is 2. The first-order valence-electron chi connectivity index (χ1n) is 11.6. The Bertz CT molecular complexity index is 1350. The molecule has 1 saturated heterocycles. The van der Waals surface area contributed by atoms with Gasteiger partial charge in [0.15, 0.2) is 5.69 Å². The number of nitrogens with zero attached hydrogens (tertiary/aromatic N) is 2. The van der Waals surface area contributed by atoms with E-state index < -0.39 is 0 Å². The minimum absolute atomic E-state index is 0.0949. The molecule has 6 heteroatoms. The van der Waals surface area contributed by atoms with Crippen molar-refractivity contribution in [2.24, 2.45) is 0 Å². The van der Waals surface area contributed by atoms with E-state index in [1.807, 2.05) is 47.4 Å². The van der Waals surface area contributed by atoms with E-state index in [9.17, 15) is 9.59 Å². The molecule has 0 spiro atoms. The number of amides is 1. The second kappa shape index (κ2) is 8.61. The predicted molar refractivity (Wildman–Crippen MR) is 128 cm³/mol. The highest BCUT2D eigenvalue weighted by molar-refractivity contribution is 6.00. The van der Waals surface area contributed by atoms with Crippen molar-refractivity contribution in [3.8, 4) is 11.4 Å². The Morgan fingerprint density at radius 3 is 2.66 bits per heavy atom. The van der Waals surface area contributed by atoms with Gasteiger partial charge in [0.2, 0.25) is 0 Å². The maximum absolute atomic E-state index is 13.1. The molecule has 4 aromatic rings. The number of hydrogen-bond donors (Lipinski definition) is 2. The average Bonchev–Trinajstić information content (AvgIpc) is 3.19. The molecule has 0 atom stereocenters. The smallest absolute Gasteiger partial charge is 0.276 e. The second-order valence-electron chi connectivity index (χ2n) is 8.63. The van der Waals surface area contributed by atoms with Crippen LogP contribution in [0.25, 0.3) is 33.3 Å². The van der Waals surface area contributed by atoms with Gasteiger partial charge in [-0.05, 0) is 68.0 Å². The van der Waals surface area contributed by atoms with E-state index >= 15 is 0 Å². The third-order valence-corrected chi connectivity index (χ3v) is 6.41. The van der Waals surface area contributed by atoms with Crippen LogP contribution >= 0.6 is 0 Å². The third-order valence-electron chi connectivity index (χ3n) is 6.41. The first-order chi connectivity index (χ1) is 15.7. The average molecular weight is 429 g/mol. The number of aromatic amines is 2. The van der Waals surface area contributed by atoms with Crippen LogP contribution in [0.5, 0.6) is 0 Å². The van der Waals surface area contributed by atoms with Crippen molar-refractivity contribution in [2.45, 2.75) is 45.4 Å². The first kappa shape index (κ1) is 20.5. The van der Waals surface area contributed by atoms with Crippen LogP contribution in [0, 0.1) is 0 Å². The van der Waals surface area contributed by atoms with Crippen molar-refractivity contribution in [1.29, 1.82) is 0 Å². The number of unbranched alkanes of at least 4 members (excludes halogenated alkanes) is 1. The van der Waals surface area contributed by atoms with Gasteiger partial charge in [0.05, 0.1) is 16.7 Å². The van der Waals surface area contributed by atoms with E-state index in [4.69, 9.17) is 0 Å². The molecule has 0 aliphatic carbocycles. The van der Waals surface area contributed by atoms with Gasteiger partial charge in [0.1, 0.15) is 0 Å². The van der Waals surface area contributed by atoms with E-state index in [1.54, 1.807) is 0 Å². The lowest BCUT2D eigenvalue weighted by Gasteiger charge is -2.26. The Balaban J connectivity index is 1.64. The highest BCUT2D eigenvalue weighted by Crippen LogP contribution is 2.31. The van der Waals surface area contributed by atoms with E-state index in [2.05, 4.69) is 21.9 Å². The second-order valence-corrected chi connectivity index (χ2v) is 8.63. The summed E-state index contributed by atoms with van der Waals surface area (Å²) in [6, 6.07) is 13.4. The van der Waals surface area contributed by atoms with Crippen molar-refractivity contribution in [1.82, 2.24) is 19.9 Å². The molecule has 32 heavy (non-hydrogen) atoms. The van der Waals surface area contributed by atoms with Crippen LogP contribution < -0.4 is 5.56 Å². The summed E-state index contributed by atoms with van der Waals surface area (Å²) in [5.74, 6) is 0.0949. The largest absolute Gasteiger partial charge is 0.353 e. The number of aromatic nitrogens is 3. The number of carbonyl (C=O) groups excluding carboxylic acids is 1. The van der Waals surface area contributed by atoms with Crippen LogP contribution in [0.2, 0.25) is 0 Å². The van der Waals surface area contributed by atoms with Gasteiger partial charge in [-0.25, -0.2) is 4.98 Å². The molecular formula is C26H28N4O2. The van der Waals surface area contributed by atoms with Gasteiger partial charge in [-0.1, -0.05) is 25.5 Å². The van der Waals surface area contributed by atoms with Crippen LogP contribution in [-0.2, 0) is 6.42 Å². The Morgan fingerprint density at radius 2 is 1.84 bits per heavy atom. The van der Waals surface area contributed by atoms with E-state index in [-0.39, 0.29) is 11.5 Å². The molecule has 6 nitrogen and oxygen atoms in total. The van der Waals surface area contributed by atoms with Crippen LogP contribution in [0.15, 0.2) is 47.3 Å². The van der Waals surface area contributed by atoms with Gasteiger partial charge in [-0.2, -0.15) is 0 Å². The number of para-hydroxylation sites is 2. The molecule has 2 N–H and O–H groups in total. The fraction of sp³-hybridized carbons (Fsp3) is 0.346. The number of H-pyrrole nitrogens is 2. The van der Waals surface area contributed by atoms with Crippen molar-refractivity contribution in [3.05, 3.63) is 63.9 Å². The van der Waals surface area contributed by atoms with Gasteiger partial charge in [0.25, 0.3) is 11.5 Å². The Kier molecular flexibility index (Phi) is 5.52. The minimum Gasteiger partial charge on any atom is -0.353 e. The molecule has 5 rings (SSSR count). The minimum atomic E-state index is -0.211. The molecule has 2 aromatic heterocycles. The monoisotopic (exact) mass is 428 g/mol. The summed E-state index contributed by atoms with van der Waals surface area (Å²) in [6.45, 7) is 3.81. The highest BCUT2D eigenvalue weighted by atomic mass is 16.2. The fourth-order valence-electron chi connectivity index (χ4n) is 4.67. The molecule has 2 aromatic carbocycles. The van der Waals surface area contributed by atoms with Crippen molar-refractivity contribution in [2.75, 3.05) is 13.1 Å². The Hall–Kier alpha value is -3.41. The van der Waals surface area contributed by atoms with Gasteiger partial charge in [-0.3, -0.25) is 9.59 Å². The number of carbonyl (C=O) groups is 1. The lowest BCUT2D eigenvalue weighted by Crippen LogP contribution is -2.35. The van der Waals surface area contributed by atoms with Crippen LogP contribution in [0.4, 0.5) is 0 Å². The maximum atomic E-state index is 13.1. The quantitative estimate of drug-likeness (QED) is 0.467. The number of likely N-dealkylation sites (tertiary alicyclic amines) is 1. The number of aryl methyl sites for hydroxylation is 1. The molecule has 0 saturated carbocycles. The molecule has 1 amide bonds. The molecule has 1 aliphatic heterocycles. The van der Waals surface area contributed by atoms with Crippen molar-refractivity contribution < 1.29 is 4.79 Å². The SMILES string of the molecule is CCCCc1c(-c2nc3ccccc3[nH]c2=O)[nH]c2ccc(C(=O)N3CCCCC3)cc12. The van der Waals surface area contributed by atoms with Crippen LogP contribution in [0.3, 0.4) is 0 Å². The van der Waals surface area contributed by atoms with Gasteiger partial charge in [0, 0.05) is 29.6 Å². The summed E-state index contributed by atoms with van der Waals surface area (Å²) in [5.41, 5.74) is 5.11. The summed E-state index contributed by atoms with van der Waals surface area (Å²) in [5, 5.41) is 1.01. The summed E-state index contributed by atoms with van der Waals surface area (Å²) in [4.78, 5) is 39.1. The van der Waals surface area contributed by atoms with Gasteiger partial charge in [-0.15, -0.1) is 0 Å². The normalized spacial score (nSPS) is 14.3. The highest BCUT2D eigenvalue weighted by Gasteiger charge is 2.21. The van der Waals surface area contributed by atoms with Gasteiger partial charge < -0.3 is 14.9 Å². The fourth-order valence-corrected chi connectivity index (χ4v) is 4.67. The summed E-state index contributed by atoms with van der Waals surface area (Å²) < 4.78 is 0. The Labute approximate surface area is 186 Å². The predicted octanol–water partition coefficient (Wildman–Crippen LogP) is 5.04. The molecular weight excluding hydrogens is 400 g/mol. The summed E-state index contributed by atoms with van der Waals surface area (Å²) in [7, 11) is 0. The molecule has 0 unspecified atom stereocenters. The molecule has 1 fully saturated rings. The maximum Gasteiger partial charge on any atom is 0.276 e. The zero-order valence-corrected chi connectivity index (χ0v) is 18.4. The van der Waals surface area contributed by atoms with E-state index in [1.165, 1.54) is 6.42 Å². The number of piperidine rings is 1. The van der Waals surface area contributed by atoms with Crippen LogP contribution in [-0.4, -0.2) is 38.8 Å². The lowest BCUT2D eigenvalue weighted by atomic mass is 10.0. The molecule has 0 radical (unpaired) electrons. The van der Waals surface area contributed by atoms with Crippen molar-refractivity contribution >= 4 is 27.8 Å². The van der Waals surface area contributed by atoms with Crippen LogP contribution in [0.1, 0.15) is 54.9 Å². The standard InChI is InChI=1S/C26H28N4O2/c1-2-3-9-18-19-16-17(26(32)30-14-7-4-8-15-30)12-13-20(19)27-23(18)24-25(31)29-22-11-6-5-10-21(22)28-24/h5-6,10-13,16,27H,2-4,7-9,14-15H2,1H3,(H,29,31). The summed E-state index contributed by atoms with van der Waals surface area (Å²) >= 11 is 0. The topological polar surface area (TPSA) is 81.8 Å². The molecule has 1 aliphatic rings.